The van der Waals surface area contributed by atoms with Gasteiger partial charge in [0, 0.05) is 19.1 Å². The van der Waals surface area contributed by atoms with Crippen molar-refractivity contribution in [2.45, 2.75) is 18.9 Å². The van der Waals surface area contributed by atoms with Gasteiger partial charge in [0.15, 0.2) is 11.5 Å². The third-order valence-electron chi connectivity index (χ3n) is 4.81. The number of nitrogens with zero attached hydrogens (tertiary/aromatic N) is 2. The number of nitrogens with one attached hydrogen (secondary N) is 1. The first-order valence-corrected chi connectivity index (χ1v) is 8.44. The summed E-state index contributed by atoms with van der Waals surface area (Å²) in [5, 5.41) is 2.67. The summed E-state index contributed by atoms with van der Waals surface area (Å²) in [6, 6.07) is 5.90. The lowest BCUT2D eigenvalue weighted by Gasteiger charge is -2.27. The Morgan fingerprint density at radius 1 is 1.21 bits per heavy atom. The van der Waals surface area contributed by atoms with Gasteiger partial charge in [0.2, 0.25) is 5.91 Å². The molecule has 7 heteroatoms. The van der Waals surface area contributed by atoms with Gasteiger partial charge in [-0.2, -0.15) is 0 Å². The first kappa shape index (κ1) is 15.3. The van der Waals surface area contributed by atoms with Crippen LogP contribution in [0, 0.1) is 0 Å². The largest absolute Gasteiger partial charge is 0.486 e. The fourth-order valence-corrected chi connectivity index (χ4v) is 3.63. The molecule has 0 radical (unpaired) electrons. The molecule has 1 atom stereocenters. The number of hydrogen-bond acceptors (Lipinski definition) is 5. The average Bonchev–Trinajstić information content (AvgIpc) is 3.23. The van der Waals surface area contributed by atoms with E-state index in [0.29, 0.717) is 26.3 Å². The lowest BCUT2D eigenvalue weighted by Crippen LogP contribution is -2.41. The number of carbonyl (C=O) groups excluding carboxylic acids is 2. The van der Waals surface area contributed by atoms with E-state index >= 15 is 0 Å². The Morgan fingerprint density at radius 2 is 2.04 bits per heavy atom. The summed E-state index contributed by atoms with van der Waals surface area (Å²) in [7, 11) is 0. The summed E-state index contributed by atoms with van der Waals surface area (Å²) in [6.45, 7) is 3.27. The highest BCUT2D eigenvalue weighted by Crippen LogP contribution is 2.37. The summed E-state index contributed by atoms with van der Waals surface area (Å²) in [4.78, 5) is 27.5. The predicted octanol–water partition coefficient (Wildman–Crippen LogP) is 1.15. The van der Waals surface area contributed by atoms with Crippen LogP contribution in [0.3, 0.4) is 0 Å². The van der Waals surface area contributed by atoms with Gasteiger partial charge < -0.3 is 14.8 Å². The fourth-order valence-electron chi connectivity index (χ4n) is 3.63. The van der Waals surface area contributed by atoms with Crippen LogP contribution in [-0.4, -0.2) is 61.1 Å². The number of ether oxygens (including phenoxy) is 2. The van der Waals surface area contributed by atoms with Crippen LogP contribution in [0.25, 0.3) is 0 Å². The van der Waals surface area contributed by atoms with Crippen molar-refractivity contribution >= 4 is 11.9 Å². The number of hydrogen-bond donors (Lipinski definition) is 1. The molecule has 3 aliphatic rings. The lowest BCUT2D eigenvalue weighted by atomic mass is 10.0. The Kier molecular flexibility index (Phi) is 4.02. The third kappa shape index (κ3) is 2.80. The zero-order valence-corrected chi connectivity index (χ0v) is 13.5. The smallest absolute Gasteiger partial charge is 0.324 e. The second-order valence-electron chi connectivity index (χ2n) is 6.31. The first-order valence-electron chi connectivity index (χ1n) is 8.44. The van der Waals surface area contributed by atoms with Crippen LogP contribution in [0.5, 0.6) is 11.5 Å². The van der Waals surface area contributed by atoms with Crippen LogP contribution in [0.4, 0.5) is 4.79 Å². The van der Waals surface area contributed by atoms with Gasteiger partial charge in [-0.25, -0.2) is 4.79 Å². The van der Waals surface area contributed by atoms with Crippen molar-refractivity contribution in [3.63, 3.8) is 0 Å². The van der Waals surface area contributed by atoms with Gasteiger partial charge in [-0.1, -0.05) is 6.07 Å². The van der Waals surface area contributed by atoms with Crippen molar-refractivity contribution in [1.82, 2.24) is 15.1 Å². The topological polar surface area (TPSA) is 71.1 Å². The molecular weight excluding hydrogens is 310 g/mol. The number of carbonyl (C=O) groups is 2. The number of imide groups is 1. The summed E-state index contributed by atoms with van der Waals surface area (Å²) in [6.07, 6.45) is 2.04. The third-order valence-corrected chi connectivity index (χ3v) is 4.81. The Hall–Kier alpha value is -2.28. The minimum atomic E-state index is -0.282. The zero-order valence-electron chi connectivity index (χ0n) is 13.5. The monoisotopic (exact) mass is 331 g/mol. The Bertz CT molecular complexity index is 663. The molecule has 0 aliphatic carbocycles. The molecule has 2 saturated heterocycles. The molecule has 0 aromatic heterocycles. The molecule has 3 aliphatic heterocycles. The summed E-state index contributed by atoms with van der Waals surface area (Å²) >= 11 is 0. The number of amides is 3. The maximum Gasteiger partial charge on any atom is 0.324 e. The van der Waals surface area contributed by atoms with E-state index in [1.54, 1.807) is 0 Å². The maximum absolute atomic E-state index is 12.4. The van der Waals surface area contributed by atoms with E-state index < -0.39 is 0 Å². The van der Waals surface area contributed by atoms with Gasteiger partial charge in [-0.15, -0.1) is 0 Å². The Morgan fingerprint density at radius 3 is 2.83 bits per heavy atom. The number of likely N-dealkylation sites (tertiary alicyclic amines) is 1. The van der Waals surface area contributed by atoms with E-state index in [0.717, 1.165) is 36.4 Å². The van der Waals surface area contributed by atoms with Crippen LogP contribution < -0.4 is 14.8 Å². The quantitative estimate of drug-likeness (QED) is 0.899. The molecule has 7 nitrogen and oxygen atoms in total. The average molecular weight is 331 g/mol. The van der Waals surface area contributed by atoms with E-state index in [2.05, 4.69) is 10.2 Å². The molecule has 0 bridgehead atoms. The minimum absolute atomic E-state index is 0.130. The molecule has 128 valence electrons. The van der Waals surface area contributed by atoms with E-state index in [1.165, 1.54) is 4.90 Å². The van der Waals surface area contributed by atoms with Gasteiger partial charge in [0.1, 0.15) is 13.2 Å². The minimum Gasteiger partial charge on any atom is -0.486 e. The molecule has 1 N–H and O–H groups in total. The van der Waals surface area contributed by atoms with Crippen LogP contribution in [-0.2, 0) is 4.79 Å². The maximum atomic E-state index is 12.4. The molecule has 3 heterocycles. The van der Waals surface area contributed by atoms with Gasteiger partial charge in [0.25, 0.3) is 0 Å². The number of urea groups is 1. The van der Waals surface area contributed by atoms with E-state index in [1.807, 2.05) is 18.2 Å². The molecule has 0 saturated carbocycles. The van der Waals surface area contributed by atoms with Crippen molar-refractivity contribution in [2.75, 3.05) is 39.4 Å². The van der Waals surface area contributed by atoms with E-state index in [9.17, 15) is 9.59 Å². The van der Waals surface area contributed by atoms with Crippen LogP contribution in [0.1, 0.15) is 24.4 Å². The van der Waals surface area contributed by atoms with Crippen molar-refractivity contribution in [3.8, 4) is 11.5 Å². The molecule has 4 rings (SSSR count). The number of rotatable bonds is 3. The van der Waals surface area contributed by atoms with E-state index in [4.69, 9.17) is 9.47 Å². The van der Waals surface area contributed by atoms with Crippen molar-refractivity contribution in [2.24, 2.45) is 0 Å². The molecular formula is C17H21N3O4. The van der Waals surface area contributed by atoms with Gasteiger partial charge in [-0.05, 0) is 37.1 Å². The Balaban J connectivity index is 1.48. The first-order chi connectivity index (χ1) is 11.7. The zero-order chi connectivity index (χ0) is 16.5. The number of fused-ring (bicyclic) bond motifs is 1. The highest BCUT2D eigenvalue weighted by molar-refractivity contribution is 5.96. The molecule has 1 aromatic rings. The molecule has 3 amide bonds. The standard InChI is InChI=1S/C17H21N3O4/c21-16(20-7-5-18-17(20)22)11-19-6-1-2-13(19)12-3-4-14-15(10-12)24-9-8-23-14/h3-4,10,13H,1-2,5-9,11H2,(H,18,22). The number of benzene rings is 1. The summed E-state index contributed by atoms with van der Waals surface area (Å²) in [5.41, 5.74) is 1.13. The molecule has 1 unspecified atom stereocenters. The van der Waals surface area contributed by atoms with Crippen molar-refractivity contribution < 1.29 is 19.1 Å². The van der Waals surface area contributed by atoms with Gasteiger partial charge >= 0.3 is 6.03 Å². The van der Waals surface area contributed by atoms with Gasteiger partial charge in [-0.3, -0.25) is 14.6 Å². The highest BCUT2D eigenvalue weighted by Gasteiger charge is 2.32. The lowest BCUT2D eigenvalue weighted by molar-refractivity contribution is -0.129. The second-order valence-corrected chi connectivity index (χ2v) is 6.31. The van der Waals surface area contributed by atoms with Crippen molar-refractivity contribution in [3.05, 3.63) is 23.8 Å². The van der Waals surface area contributed by atoms with Gasteiger partial charge in [0.05, 0.1) is 6.54 Å². The fraction of sp³-hybridized carbons (Fsp3) is 0.529. The molecule has 0 spiro atoms. The summed E-state index contributed by atoms with van der Waals surface area (Å²) < 4.78 is 11.2. The van der Waals surface area contributed by atoms with E-state index in [-0.39, 0.29) is 24.5 Å². The van der Waals surface area contributed by atoms with Crippen molar-refractivity contribution in [1.29, 1.82) is 0 Å². The van der Waals surface area contributed by atoms with Crippen LogP contribution in [0.2, 0.25) is 0 Å². The molecule has 2 fully saturated rings. The summed E-state index contributed by atoms with van der Waals surface area (Å²) in [5.74, 6) is 1.42. The second kappa shape index (κ2) is 6.32. The predicted molar refractivity (Wildman–Crippen MR) is 86.1 cm³/mol. The van der Waals surface area contributed by atoms with Crippen LogP contribution >= 0.6 is 0 Å². The normalized spacial score (nSPS) is 23.4. The molecule has 24 heavy (non-hydrogen) atoms. The highest BCUT2D eigenvalue weighted by atomic mass is 16.6. The SMILES string of the molecule is O=C(CN1CCCC1c1ccc2c(c1)OCCO2)N1CCNC1=O. The van der Waals surface area contributed by atoms with Crippen LogP contribution in [0.15, 0.2) is 18.2 Å². The Labute approximate surface area is 140 Å². The molecule has 1 aromatic carbocycles.